The average Bonchev–Trinajstić information content (AvgIpc) is 3.12. The minimum Gasteiger partial charge on any atom is -0.389 e. The van der Waals surface area contributed by atoms with Crippen molar-refractivity contribution in [3.8, 4) is 0 Å². The number of nitrogens with zero attached hydrogens (tertiary/aromatic N) is 3. The van der Waals surface area contributed by atoms with Crippen molar-refractivity contribution >= 4 is 27.8 Å². The molecule has 0 aliphatic rings. The second-order valence-electron chi connectivity index (χ2n) is 9.80. The lowest BCUT2D eigenvalue weighted by Crippen LogP contribution is -2.27. The molecule has 0 aliphatic carbocycles. The monoisotopic (exact) mass is 445 g/mol. The third-order valence-electron chi connectivity index (χ3n) is 6.14. The van der Waals surface area contributed by atoms with Crippen LogP contribution in [-0.2, 0) is 19.5 Å². The van der Waals surface area contributed by atoms with Gasteiger partial charge in [0.15, 0.2) is 5.82 Å². The smallest absolute Gasteiger partial charge is 0.152 e. The summed E-state index contributed by atoms with van der Waals surface area (Å²) in [6.45, 7) is 8.99. The van der Waals surface area contributed by atoms with E-state index in [2.05, 4.69) is 48.7 Å². The highest BCUT2D eigenvalue weighted by atomic mass is 16.3. The fourth-order valence-corrected chi connectivity index (χ4v) is 4.67. The summed E-state index contributed by atoms with van der Waals surface area (Å²) in [5.74, 6) is 1.64. The van der Waals surface area contributed by atoms with E-state index >= 15 is 0 Å². The number of imidazole rings is 1. The van der Waals surface area contributed by atoms with Gasteiger partial charge in [0, 0.05) is 17.8 Å². The van der Waals surface area contributed by atoms with Crippen molar-refractivity contribution in [2.45, 2.75) is 71.6 Å². The molecule has 4 rings (SSSR count). The molecule has 0 fully saturated rings. The largest absolute Gasteiger partial charge is 0.389 e. The fourth-order valence-electron chi connectivity index (χ4n) is 4.67. The summed E-state index contributed by atoms with van der Waals surface area (Å²) in [5, 5.41) is 11.7. The van der Waals surface area contributed by atoms with Gasteiger partial charge in [-0.3, -0.25) is 0 Å². The lowest BCUT2D eigenvalue weighted by atomic mass is 10.0. The van der Waals surface area contributed by atoms with Crippen molar-refractivity contribution in [1.29, 1.82) is 0 Å². The molecule has 0 spiro atoms. The number of pyridine rings is 1. The Labute approximate surface area is 195 Å². The van der Waals surface area contributed by atoms with Gasteiger partial charge in [-0.2, -0.15) is 0 Å². The number of fused-ring (bicyclic) bond motifs is 3. The molecular weight excluding hydrogens is 410 g/mol. The highest BCUT2D eigenvalue weighted by Crippen LogP contribution is 2.34. The van der Waals surface area contributed by atoms with Crippen LogP contribution in [0.2, 0.25) is 0 Å². The van der Waals surface area contributed by atoms with Crippen molar-refractivity contribution in [1.82, 2.24) is 14.5 Å². The predicted octanol–water partition coefficient (Wildman–Crippen LogP) is 4.89. The topological polar surface area (TPSA) is 103 Å². The Balaban J connectivity index is 1.86. The molecule has 5 N–H and O–H groups in total. The Morgan fingerprint density at radius 3 is 2.48 bits per heavy atom. The lowest BCUT2D eigenvalue weighted by Gasteiger charge is -2.22. The van der Waals surface area contributed by atoms with Crippen LogP contribution < -0.4 is 11.5 Å². The molecule has 6 heteroatoms. The number of nitrogen functional groups attached to an aromatic ring is 1. The number of hydrogen-bond donors (Lipinski definition) is 3. The Bertz CT molecular complexity index is 1290. The predicted molar refractivity (Wildman–Crippen MR) is 136 cm³/mol. The molecule has 1 atom stereocenters. The molecule has 33 heavy (non-hydrogen) atoms. The van der Waals surface area contributed by atoms with E-state index in [0.717, 1.165) is 52.6 Å². The molecule has 2 aromatic carbocycles. The van der Waals surface area contributed by atoms with Crippen molar-refractivity contribution in [3.63, 3.8) is 0 Å². The van der Waals surface area contributed by atoms with E-state index in [0.29, 0.717) is 24.4 Å². The Morgan fingerprint density at radius 2 is 1.79 bits per heavy atom. The number of aromatic nitrogens is 3. The maximum Gasteiger partial charge on any atom is 0.152 e. The minimum atomic E-state index is -0.882. The highest BCUT2D eigenvalue weighted by molar-refractivity contribution is 6.06. The van der Waals surface area contributed by atoms with Gasteiger partial charge in [-0.1, -0.05) is 56.7 Å². The maximum absolute atomic E-state index is 10.7. The zero-order chi connectivity index (χ0) is 23.8. The summed E-state index contributed by atoms with van der Waals surface area (Å²) in [4.78, 5) is 9.64. The summed E-state index contributed by atoms with van der Waals surface area (Å²) < 4.78 is 2.15. The molecule has 2 heterocycles. The van der Waals surface area contributed by atoms with Gasteiger partial charge in [0.25, 0.3) is 0 Å². The van der Waals surface area contributed by atoms with Gasteiger partial charge < -0.3 is 21.1 Å². The summed E-state index contributed by atoms with van der Waals surface area (Å²) in [6.07, 6.45) is 2.88. The molecule has 174 valence electrons. The van der Waals surface area contributed by atoms with Crippen LogP contribution in [0.5, 0.6) is 0 Å². The number of benzene rings is 2. The Kier molecular flexibility index (Phi) is 6.41. The summed E-state index contributed by atoms with van der Waals surface area (Å²) in [6, 6.07) is 14.7. The van der Waals surface area contributed by atoms with Crippen LogP contribution in [0.25, 0.3) is 21.9 Å². The molecule has 4 aromatic rings. The molecule has 0 amide bonds. The molecule has 0 saturated carbocycles. The Hall–Kier alpha value is -2.96. The van der Waals surface area contributed by atoms with E-state index in [1.165, 1.54) is 5.56 Å². The zero-order valence-electron chi connectivity index (χ0n) is 20.1. The van der Waals surface area contributed by atoms with Gasteiger partial charge in [-0.15, -0.1) is 0 Å². The first-order valence-electron chi connectivity index (χ1n) is 11.8. The number of anilines is 1. The minimum absolute atomic E-state index is 0.258. The van der Waals surface area contributed by atoms with Crippen molar-refractivity contribution < 1.29 is 5.11 Å². The van der Waals surface area contributed by atoms with E-state index in [-0.39, 0.29) is 5.92 Å². The standard InChI is InChI=1S/C27H35N5O/c1-5-7-17(2)26-31-23-24(32(26)16-27(3,4)33)21-11-10-19(14-22(21)30-25(23)29)12-18-8-6-9-20(13-18)15-28/h6,8-11,13-14,17,33H,5,7,12,15-16,28H2,1-4H3,(H2,29,30). The molecule has 2 aromatic heterocycles. The quantitative estimate of drug-likeness (QED) is 0.358. The first kappa shape index (κ1) is 23.2. The van der Waals surface area contributed by atoms with Crippen molar-refractivity contribution in [2.75, 3.05) is 5.73 Å². The van der Waals surface area contributed by atoms with Crippen LogP contribution in [-0.4, -0.2) is 25.2 Å². The van der Waals surface area contributed by atoms with Crippen LogP contribution in [0, 0.1) is 0 Å². The normalized spacial score (nSPS) is 13.2. The lowest BCUT2D eigenvalue weighted by molar-refractivity contribution is 0.0615. The van der Waals surface area contributed by atoms with Crippen molar-refractivity contribution in [2.24, 2.45) is 5.73 Å². The molecule has 0 saturated heterocycles. The van der Waals surface area contributed by atoms with Crippen LogP contribution >= 0.6 is 0 Å². The van der Waals surface area contributed by atoms with Crippen LogP contribution in [0.4, 0.5) is 5.82 Å². The number of aliphatic hydroxyl groups is 1. The Morgan fingerprint density at radius 1 is 1.06 bits per heavy atom. The first-order valence-corrected chi connectivity index (χ1v) is 11.8. The van der Waals surface area contributed by atoms with Gasteiger partial charge in [0.2, 0.25) is 0 Å². The van der Waals surface area contributed by atoms with E-state index in [1.807, 2.05) is 26.0 Å². The summed E-state index contributed by atoms with van der Waals surface area (Å²) in [7, 11) is 0. The first-order chi connectivity index (χ1) is 15.7. The molecule has 1 unspecified atom stereocenters. The average molecular weight is 446 g/mol. The van der Waals surface area contributed by atoms with Crippen LogP contribution in [0.3, 0.4) is 0 Å². The molecule has 0 bridgehead atoms. The van der Waals surface area contributed by atoms with E-state index in [1.54, 1.807) is 0 Å². The van der Waals surface area contributed by atoms with E-state index in [9.17, 15) is 5.11 Å². The second-order valence-corrected chi connectivity index (χ2v) is 9.80. The van der Waals surface area contributed by atoms with Crippen LogP contribution in [0.15, 0.2) is 42.5 Å². The number of rotatable bonds is 8. The molecule has 0 radical (unpaired) electrons. The third kappa shape index (κ3) is 4.87. The molecule has 6 nitrogen and oxygen atoms in total. The van der Waals surface area contributed by atoms with Crippen molar-refractivity contribution in [3.05, 3.63) is 65.0 Å². The number of nitrogens with two attached hydrogens (primary N) is 2. The molecule has 0 aliphatic heterocycles. The van der Waals surface area contributed by atoms with Gasteiger partial charge in [-0.25, -0.2) is 9.97 Å². The number of hydrogen-bond acceptors (Lipinski definition) is 5. The third-order valence-corrected chi connectivity index (χ3v) is 6.14. The van der Waals surface area contributed by atoms with Gasteiger partial charge in [-0.05, 0) is 49.4 Å². The van der Waals surface area contributed by atoms with Gasteiger partial charge in [0.1, 0.15) is 11.3 Å². The SMILES string of the molecule is CCCC(C)c1nc2c(N)nc3cc(Cc4cccc(CN)c4)ccc3c2n1CC(C)(C)O. The van der Waals surface area contributed by atoms with Gasteiger partial charge >= 0.3 is 0 Å². The maximum atomic E-state index is 10.7. The van der Waals surface area contributed by atoms with Crippen LogP contribution in [0.1, 0.15) is 69.0 Å². The fraction of sp³-hybridized carbons (Fsp3) is 0.407. The second kappa shape index (κ2) is 9.12. The van der Waals surface area contributed by atoms with Gasteiger partial charge in [0.05, 0.1) is 23.2 Å². The molecular formula is C27H35N5O. The summed E-state index contributed by atoms with van der Waals surface area (Å²) >= 11 is 0. The summed E-state index contributed by atoms with van der Waals surface area (Å²) in [5.41, 5.74) is 17.4. The van der Waals surface area contributed by atoms with E-state index < -0.39 is 5.60 Å². The zero-order valence-corrected chi connectivity index (χ0v) is 20.1. The highest BCUT2D eigenvalue weighted by Gasteiger charge is 2.24. The van der Waals surface area contributed by atoms with E-state index in [4.69, 9.17) is 21.4 Å².